The summed E-state index contributed by atoms with van der Waals surface area (Å²) in [6, 6.07) is 10.5. The zero-order valence-electron chi connectivity index (χ0n) is 12.4. The lowest BCUT2D eigenvalue weighted by Crippen LogP contribution is -2.38. The number of nitrogens with one attached hydrogen (secondary N) is 1. The molecule has 0 heterocycles. The van der Waals surface area contributed by atoms with E-state index in [-0.39, 0.29) is 17.9 Å². The maximum absolute atomic E-state index is 12.2. The molecule has 1 N–H and O–H groups in total. The summed E-state index contributed by atoms with van der Waals surface area (Å²) in [6.45, 7) is 0.663. The lowest BCUT2D eigenvalue weighted by atomic mass is 9.93. The highest BCUT2D eigenvalue weighted by Gasteiger charge is 2.20. The van der Waals surface area contributed by atoms with Crippen LogP contribution in [0.3, 0.4) is 0 Å². The third-order valence-corrected chi connectivity index (χ3v) is 3.92. The second-order valence-corrected chi connectivity index (χ2v) is 5.62. The monoisotopic (exact) mass is 272 g/mol. The van der Waals surface area contributed by atoms with Gasteiger partial charge in [0.05, 0.1) is 6.04 Å². The van der Waals surface area contributed by atoms with Gasteiger partial charge in [-0.25, -0.2) is 0 Å². The van der Waals surface area contributed by atoms with Crippen LogP contribution in [0.1, 0.15) is 30.9 Å². The number of carbonyl (C=O) groups is 1. The van der Waals surface area contributed by atoms with Crippen molar-refractivity contribution in [1.29, 1.82) is 0 Å². The molecule has 0 bridgehead atoms. The number of carbonyl (C=O) groups excluding carboxylic acids is 1. The highest BCUT2D eigenvalue weighted by Crippen LogP contribution is 2.20. The number of rotatable bonds is 5. The van der Waals surface area contributed by atoms with Crippen LogP contribution >= 0.6 is 0 Å². The summed E-state index contributed by atoms with van der Waals surface area (Å²) in [6.07, 6.45) is 7.16. The van der Waals surface area contributed by atoms with E-state index in [1.165, 1.54) is 5.56 Å². The fourth-order valence-electron chi connectivity index (χ4n) is 2.65. The predicted molar refractivity (Wildman–Crippen MR) is 82.4 cm³/mol. The Bertz CT molecular complexity index is 453. The summed E-state index contributed by atoms with van der Waals surface area (Å²) >= 11 is 0. The van der Waals surface area contributed by atoms with Crippen molar-refractivity contribution in [3.05, 3.63) is 48.0 Å². The molecular formula is C17H24N2O. The number of amides is 1. The Morgan fingerprint density at radius 2 is 2.05 bits per heavy atom. The topological polar surface area (TPSA) is 32.3 Å². The van der Waals surface area contributed by atoms with Crippen molar-refractivity contribution in [3.63, 3.8) is 0 Å². The average Bonchev–Trinajstić information content (AvgIpc) is 2.49. The molecule has 0 radical (unpaired) electrons. The molecule has 3 heteroatoms. The molecule has 1 aliphatic rings. The van der Waals surface area contributed by atoms with E-state index in [0.29, 0.717) is 6.54 Å². The van der Waals surface area contributed by atoms with Gasteiger partial charge in [-0.1, -0.05) is 42.5 Å². The molecule has 1 aromatic carbocycles. The zero-order valence-corrected chi connectivity index (χ0v) is 12.4. The SMILES string of the molecule is CN(C)[C@@H](CNC(=O)[C@@H]1CC=CCC1)c1ccccc1. The van der Waals surface area contributed by atoms with Crippen LogP contribution in [0.25, 0.3) is 0 Å². The Kier molecular flexibility index (Phi) is 5.36. The number of likely N-dealkylation sites (N-methyl/N-ethyl adjacent to an activating group) is 1. The van der Waals surface area contributed by atoms with Gasteiger partial charge in [-0.15, -0.1) is 0 Å². The van der Waals surface area contributed by atoms with Gasteiger partial charge in [0.1, 0.15) is 0 Å². The Balaban J connectivity index is 1.92. The molecule has 3 nitrogen and oxygen atoms in total. The molecule has 0 aromatic heterocycles. The molecule has 0 fully saturated rings. The number of benzene rings is 1. The van der Waals surface area contributed by atoms with Crippen LogP contribution in [-0.2, 0) is 4.79 Å². The number of hydrogen-bond donors (Lipinski definition) is 1. The fourth-order valence-corrected chi connectivity index (χ4v) is 2.65. The number of hydrogen-bond acceptors (Lipinski definition) is 2. The van der Waals surface area contributed by atoms with E-state index in [1.54, 1.807) is 0 Å². The molecule has 0 aliphatic heterocycles. The molecule has 108 valence electrons. The van der Waals surface area contributed by atoms with Crippen LogP contribution < -0.4 is 5.32 Å². The van der Waals surface area contributed by atoms with E-state index in [2.05, 4.69) is 34.5 Å². The predicted octanol–water partition coefficient (Wildman–Crippen LogP) is 2.76. The van der Waals surface area contributed by atoms with Crippen LogP contribution in [0.5, 0.6) is 0 Å². The molecule has 0 saturated heterocycles. The summed E-state index contributed by atoms with van der Waals surface area (Å²) < 4.78 is 0. The smallest absolute Gasteiger partial charge is 0.223 e. The van der Waals surface area contributed by atoms with Crippen LogP contribution in [-0.4, -0.2) is 31.4 Å². The van der Waals surface area contributed by atoms with Gasteiger partial charge in [0.15, 0.2) is 0 Å². The van der Waals surface area contributed by atoms with E-state index < -0.39 is 0 Å². The maximum Gasteiger partial charge on any atom is 0.223 e. The third-order valence-electron chi connectivity index (χ3n) is 3.92. The van der Waals surface area contributed by atoms with Gasteiger partial charge in [0, 0.05) is 12.5 Å². The molecule has 2 atom stereocenters. The second-order valence-electron chi connectivity index (χ2n) is 5.62. The minimum atomic E-state index is 0.151. The molecule has 1 aliphatic carbocycles. The van der Waals surface area contributed by atoms with Crippen LogP contribution in [0.15, 0.2) is 42.5 Å². The summed E-state index contributed by atoms with van der Waals surface area (Å²) in [5, 5.41) is 3.12. The van der Waals surface area contributed by atoms with E-state index in [0.717, 1.165) is 19.3 Å². The standard InChI is InChI=1S/C17H24N2O/c1-19(2)16(14-9-5-3-6-10-14)13-18-17(20)15-11-7-4-8-12-15/h3-7,9-10,15-16H,8,11-13H2,1-2H3,(H,18,20)/t15-,16+/m1/s1. The minimum absolute atomic E-state index is 0.151. The van der Waals surface area contributed by atoms with Crippen molar-refractivity contribution in [2.75, 3.05) is 20.6 Å². The third kappa shape index (κ3) is 3.94. The van der Waals surface area contributed by atoms with Crippen molar-refractivity contribution in [2.24, 2.45) is 5.92 Å². The average molecular weight is 272 g/mol. The number of allylic oxidation sites excluding steroid dienone is 2. The molecular weight excluding hydrogens is 248 g/mol. The van der Waals surface area contributed by atoms with Gasteiger partial charge < -0.3 is 10.2 Å². The van der Waals surface area contributed by atoms with Crippen LogP contribution in [0, 0.1) is 5.92 Å². The lowest BCUT2D eigenvalue weighted by molar-refractivity contribution is -0.125. The van der Waals surface area contributed by atoms with E-state index in [1.807, 2.05) is 32.3 Å². The fraction of sp³-hybridized carbons (Fsp3) is 0.471. The summed E-state index contributed by atoms with van der Waals surface area (Å²) in [4.78, 5) is 14.3. The van der Waals surface area contributed by atoms with E-state index in [4.69, 9.17) is 0 Å². The Hall–Kier alpha value is -1.61. The van der Waals surface area contributed by atoms with Gasteiger partial charge in [-0.05, 0) is 38.9 Å². The van der Waals surface area contributed by atoms with Gasteiger partial charge in [-0.3, -0.25) is 4.79 Å². The van der Waals surface area contributed by atoms with E-state index >= 15 is 0 Å². The second kappa shape index (κ2) is 7.25. The quantitative estimate of drug-likeness (QED) is 0.836. The molecule has 20 heavy (non-hydrogen) atoms. The van der Waals surface area contributed by atoms with Gasteiger partial charge in [-0.2, -0.15) is 0 Å². The summed E-state index contributed by atoms with van der Waals surface area (Å²) in [5.74, 6) is 0.343. The van der Waals surface area contributed by atoms with Crippen molar-refractivity contribution < 1.29 is 4.79 Å². The normalized spacial score (nSPS) is 19.9. The highest BCUT2D eigenvalue weighted by molar-refractivity contribution is 5.79. The molecule has 2 rings (SSSR count). The van der Waals surface area contributed by atoms with Crippen molar-refractivity contribution in [3.8, 4) is 0 Å². The first-order valence-electron chi connectivity index (χ1n) is 7.32. The molecule has 1 aromatic rings. The van der Waals surface area contributed by atoms with Gasteiger partial charge >= 0.3 is 0 Å². The van der Waals surface area contributed by atoms with Crippen molar-refractivity contribution >= 4 is 5.91 Å². The highest BCUT2D eigenvalue weighted by atomic mass is 16.1. The van der Waals surface area contributed by atoms with Crippen molar-refractivity contribution in [1.82, 2.24) is 10.2 Å². The molecule has 0 unspecified atom stereocenters. The Morgan fingerprint density at radius 1 is 1.30 bits per heavy atom. The maximum atomic E-state index is 12.2. The van der Waals surface area contributed by atoms with Crippen molar-refractivity contribution in [2.45, 2.75) is 25.3 Å². The zero-order chi connectivity index (χ0) is 14.4. The van der Waals surface area contributed by atoms with Gasteiger partial charge in [0.2, 0.25) is 5.91 Å². The first kappa shape index (κ1) is 14.8. The number of nitrogens with zero attached hydrogens (tertiary/aromatic N) is 1. The first-order valence-corrected chi connectivity index (χ1v) is 7.32. The lowest BCUT2D eigenvalue weighted by Gasteiger charge is -2.26. The Labute approximate surface area is 121 Å². The van der Waals surface area contributed by atoms with E-state index in [9.17, 15) is 4.79 Å². The molecule has 1 amide bonds. The van der Waals surface area contributed by atoms with Crippen LogP contribution in [0.2, 0.25) is 0 Å². The minimum Gasteiger partial charge on any atom is -0.354 e. The summed E-state index contributed by atoms with van der Waals surface area (Å²) in [7, 11) is 4.10. The first-order chi connectivity index (χ1) is 9.68. The molecule has 0 saturated carbocycles. The Morgan fingerprint density at radius 3 is 2.65 bits per heavy atom. The molecule has 0 spiro atoms. The van der Waals surface area contributed by atoms with Gasteiger partial charge in [0.25, 0.3) is 0 Å². The van der Waals surface area contributed by atoms with Crippen LogP contribution in [0.4, 0.5) is 0 Å². The largest absolute Gasteiger partial charge is 0.354 e. The summed E-state index contributed by atoms with van der Waals surface area (Å²) in [5.41, 5.74) is 1.24.